The van der Waals surface area contributed by atoms with Crippen molar-refractivity contribution in [2.45, 2.75) is 31.7 Å². The predicted octanol–water partition coefficient (Wildman–Crippen LogP) is 5.62. The molecule has 5 heteroatoms. The second-order valence-electron chi connectivity index (χ2n) is 8.54. The summed E-state index contributed by atoms with van der Waals surface area (Å²) in [5, 5.41) is 3.54. The molecule has 3 aromatic rings. The largest absolute Gasteiger partial charge is 0.497 e. The van der Waals surface area contributed by atoms with Gasteiger partial charge in [-0.1, -0.05) is 54.6 Å². The van der Waals surface area contributed by atoms with Crippen LogP contribution in [0.3, 0.4) is 0 Å². The van der Waals surface area contributed by atoms with Crippen LogP contribution in [0.15, 0.2) is 90.1 Å². The normalized spacial score (nSPS) is 19.8. The number of ketones is 1. The Morgan fingerprint density at radius 3 is 2.30 bits per heavy atom. The molecule has 0 spiro atoms. The summed E-state index contributed by atoms with van der Waals surface area (Å²) < 4.78 is 5.29. The highest BCUT2D eigenvalue weighted by Crippen LogP contribution is 2.47. The highest BCUT2D eigenvalue weighted by molar-refractivity contribution is 6.05. The number of hydrogen-bond donors (Lipinski definition) is 1. The summed E-state index contributed by atoms with van der Waals surface area (Å²) in [7, 11) is 1.65. The Bertz CT molecular complexity index is 1230. The van der Waals surface area contributed by atoms with E-state index in [1.165, 1.54) is 0 Å². The lowest BCUT2D eigenvalue weighted by molar-refractivity contribution is -0.117. The number of para-hydroxylation sites is 2. The zero-order chi connectivity index (χ0) is 22.9. The van der Waals surface area contributed by atoms with Crippen molar-refractivity contribution in [3.63, 3.8) is 0 Å². The molecular weight excluding hydrogens is 412 g/mol. The Balaban J connectivity index is 1.66. The van der Waals surface area contributed by atoms with Crippen molar-refractivity contribution >= 4 is 23.1 Å². The van der Waals surface area contributed by atoms with Crippen molar-refractivity contribution in [3.8, 4) is 5.75 Å². The molecule has 3 aromatic carbocycles. The number of ether oxygens (including phenoxy) is 1. The first-order valence-corrected chi connectivity index (χ1v) is 11.2. The van der Waals surface area contributed by atoms with Crippen molar-refractivity contribution in [2.24, 2.45) is 0 Å². The van der Waals surface area contributed by atoms with Crippen molar-refractivity contribution < 1.29 is 14.3 Å². The molecule has 0 unspecified atom stereocenters. The van der Waals surface area contributed by atoms with Crippen molar-refractivity contribution in [1.82, 2.24) is 0 Å². The van der Waals surface area contributed by atoms with Gasteiger partial charge in [0.15, 0.2) is 5.78 Å². The number of fused-ring (bicyclic) bond motifs is 1. The van der Waals surface area contributed by atoms with Gasteiger partial charge in [-0.15, -0.1) is 0 Å². The predicted molar refractivity (Wildman–Crippen MR) is 129 cm³/mol. The van der Waals surface area contributed by atoms with Crippen LogP contribution in [0.25, 0.3) is 0 Å². The van der Waals surface area contributed by atoms with Crippen LogP contribution in [-0.4, -0.2) is 18.8 Å². The minimum Gasteiger partial charge on any atom is -0.497 e. The quantitative estimate of drug-likeness (QED) is 0.577. The Hall–Kier alpha value is -3.86. The number of nitrogens with zero attached hydrogens (tertiary/aromatic N) is 1. The van der Waals surface area contributed by atoms with E-state index < -0.39 is 6.04 Å². The van der Waals surface area contributed by atoms with E-state index in [4.69, 9.17) is 4.74 Å². The number of rotatable bonds is 3. The van der Waals surface area contributed by atoms with Crippen LogP contribution >= 0.6 is 0 Å². The number of anilines is 2. The molecule has 0 fully saturated rings. The number of methoxy groups -OCH3 is 1. The SMILES string of the molecule is COc1ccc([C@@H]2CC(=O)C3=C(C2)Nc2ccccc2N(C(C)=O)[C@H]3c2ccccc2)cc1. The van der Waals surface area contributed by atoms with E-state index in [9.17, 15) is 9.59 Å². The second-order valence-corrected chi connectivity index (χ2v) is 8.54. The first-order valence-electron chi connectivity index (χ1n) is 11.2. The molecule has 1 aliphatic heterocycles. The van der Waals surface area contributed by atoms with Crippen LogP contribution in [0.2, 0.25) is 0 Å². The topological polar surface area (TPSA) is 58.6 Å². The number of nitrogens with one attached hydrogen (secondary N) is 1. The summed E-state index contributed by atoms with van der Waals surface area (Å²) in [6.07, 6.45) is 1.09. The zero-order valence-electron chi connectivity index (χ0n) is 18.7. The van der Waals surface area contributed by atoms with Gasteiger partial charge in [-0.25, -0.2) is 0 Å². The van der Waals surface area contributed by atoms with Crippen molar-refractivity contribution in [3.05, 3.63) is 101 Å². The van der Waals surface area contributed by atoms with E-state index in [2.05, 4.69) is 5.32 Å². The van der Waals surface area contributed by atoms with Gasteiger partial charge in [0.05, 0.1) is 24.5 Å². The molecule has 33 heavy (non-hydrogen) atoms. The first kappa shape index (κ1) is 21.0. The average Bonchev–Trinajstić information content (AvgIpc) is 2.99. The van der Waals surface area contributed by atoms with Crippen LogP contribution < -0.4 is 15.0 Å². The Labute approximate surface area is 193 Å². The summed E-state index contributed by atoms with van der Waals surface area (Å²) in [6.45, 7) is 1.56. The van der Waals surface area contributed by atoms with Gasteiger partial charge in [-0.2, -0.15) is 0 Å². The number of benzene rings is 3. The average molecular weight is 439 g/mol. The van der Waals surface area contributed by atoms with Gasteiger partial charge in [0.1, 0.15) is 5.75 Å². The summed E-state index contributed by atoms with van der Waals surface area (Å²) >= 11 is 0. The van der Waals surface area contributed by atoms with Gasteiger partial charge in [-0.05, 0) is 47.7 Å². The molecular formula is C28H26N2O3. The van der Waals surface area contributed by atoms with E-state index >= 15 is 0 Å². The lowest BCUT2D eigenvalue weighted by Gasteiger charge is -2.34. The Morgan fingerprint density at radius 1 is 0.909 bits per heavy atom. The molecule has 0 saturated heterocycles. The number of amides is 1. The summed E-state index contributed by atoms with van der Waals surface area (Å²) in [6, 6.07) is 25.0. The van der Waals surface area contributed by atoms with Gasteiger partial charge in [0, 0.05) is 24.6 Å². The minimum absolute atomic E-state index is 0.0575. The molecule has 0 saturated carbocycles. The standard InChI is InChI=1S/C28H26N2O3/c1-18(31)30-25-11-7-6-10-23(25)29-24-16-21(19-12-14-22(33-2)15-13-19)17-26(32)27(24)28(30)20-8-4-3-5-9-20/h3-15,21,28-29H,16-17H2,1-2H3/t21-,28-/m0/s1. The van der Waals surface area contributed by atoms with Gasteiger partial charge in [-0.3, -0.25) is 14.5 Å². The van der Waals surface area contributed by atoms with E-state index in [-0.39, 0.29) is 17.6 Å². The third kappa shape index (κ3) is 3.80. The molecule has 166 valence electrons. The van der Waals surface area contributed by atoms with Gasteiger partial charge in [0.25, 0.3) is 0 Å². The molecule has 5 rings (SSSR count). The molecule has 0 bridgehead atoms. The number of allylic oxidation sites excluding steroid dienone is 1. The molecule has 1 heterocycles. The maximum Gasteiger partial charge on any atom is 0.224 e. The maximum atomic E-state index is 13.7. The third-order valence-electron chi connectivity index (χ3n) is 6.53. The molecule has 1 N–H and O–H groups in total. The van der Waals surface area contributed by atoms with Gasteiger partial charge >= 0.3 is 0 Å². The lowest BCUT2D eigenvalue weighted by atomic mass is 9.78. The lowest BCUT2D eigenvalue weighted by Crippen LogP contribution is -2.37. The van der Waals surface area contributed by atoms with E-state index in [0.29, 0.717) is 18.4 Å². The number of hydrogen-bond acceptors (Lipinski definition) is 4. The van der Waals surface area contributed by atoms with Crippen LogP contribution in [0.4, 0.5) is 11.4 Å². The fourth-order valence-corrected chi connectivity index (χ4v) is 5.00. The third-order valence-corrected chi connectivity index (χ3v) is 6.53. The molecule has 5 nitrogen and oxygen atoms in total. The van der Waals surface area contributed by atoms with E-state index in [1.54, 1.807) is 18.9 Å². The monoisotopic (exact) mass is 438 g/mol. The van der Waals surface area contributed by atoms with E-state index in [0.717, 1.165) is 33.9 Å². The Kier molecular flexibility index (Phi) is 5.47. The highest BCUT2D eigenvalue weighted by atomic mass is 16.5. The summed E-state index contributed by atoms with van der Waals surface area (Å²) in [5.74, 6) is 0.820. The fourth-order valence-electron chi connectivity index (χ4n) is 5.00. The maximum absolute atomic E-state index is 13.7. The fraction of sp³-hybridized carbons (Fsp3) is 0.214. The van der Waals surface area contributed by atoms with Crippen molar-refractivity contribution in [2.75, 3.05) is 17.3 Å². The number of carbonyl (C=O) groups excluding carboxylic acids is 2. The van der Waals surface area contributed by atoms with Crippen LogP contribution in [-0.2, 0) is 9.59 Å². The minimum atomic E-state index is -0.473. The molecule has 0 radical (unpaired) electrons. The molecule has 1 aliphatic carbocycles. The highest BCUT2D eigenvalue weighted by Gasteiger charge is 2.40. The van der Waals surface area contributed by atoms with Crippen LogP contribution in [0, 0.1) is 0 Å². The van der Waals surface area contributed by atoms with Gasteiger partial charge < -0.3 is 10.1 Å². The number of carbonyl (C=O) groups is 2. The molecule has 1 amide bonds. The molecule has 2 aliphatic rings. The smallest absolute Gasteiger partial charge is 0.224 e. The van der Waals surface area contributed by atoms with Gasteiger partial charge in [0.2, 0.25) is 5.91 Å². The number of Topliss-reactive ketones (excluding diaryl/α,β-unsaturated/α-hetero) is 1. The van der Waals surface area contributed by atoms with Crippen LogP contribution in [0.5, 0.6) is 5.75 Å². The van der Waals surface area contributed by atoms with Crippen LogP contribution in [0.1, 0.15) is 42.9 Å². The summed E-state index contributed by atoms with van der Waals surface area (Å²) in [5.41, 5.74) is 5.21. The molecule has 2 atom stereocenters. The zero-order valence-corrected chi connectivity index (χ0v) is 18.7. The summed E-state index contributed by atoms with van der Waals surface area (Å²) in [4.78, 5) is 28.5. The van der Waals surface area contributed by atoms with Crippen molar-refractivity contribution in [1.29, 1.82) is 0 Å². The first-order chi connectivity index (χ1) is 16.1. The second kappa shape index (κ2) is 8.58. The molecule has 0 aromatic heterocycles. The van der Waals surface area contributed by atoms with E-state index in [1.807, 2.05) is 78.9 Å². The Morgan fingerprint density at radius 2 is 1.61 bits per heavy atom.